The van der Waals surface area contributed by atoms with E-state index in [4.69, 9.17) is 4.74 Å². The second-order valence-corrected chi connectivity index (χ2v) is 4.25. The first-order chi connectivity index (χ1) is 9.78. The van der Waals surface area contributed by atoms with Crippen molar-refractivity contribution in [3.05, 3.63) is 54.4 Å². The highest BCUT2D eigenvalue weighted by atomic mass is 16.5. The summed E-state index contributed by atoms with van der Waals surface area (Å²) in [6.45, 7) is 0. The van der Waals surface area contributed by atoms with E-state index in [0.717, 1.165) is 11.0 Å². The zero-order valence-corrected chi connectivity index (χ0v) is 10.9. The summed E-state index contributed by atoms with van der Waals surface area (Å²) < 4.78 is 6.79. The number of ether oxygens (including phenoxy) is 1. The van der Waals surface area contributed by atoms with Gasteiger partial charge in [-0.25, -0.2) is 9.66 Å². The summed E-state index contributed by atoms with van der Waals surface area (Å²) in [6.07, 6.45) is 3.21. The van der Waals surface area contributed by atoms with Crippen LogP contribution in [0.1, 0.15) is 5.56 Å². The van der Waals surface area contributed by atoms with E-state index in [1.807, 2.05) is 24.3 Å². The van der Waals surface area contributed by atoms with E-state index in [0.29, 0.717) is 11.3 Å². The Labute approximate surface area is 115 Å². The minimum absolute atomic E-state index is 0.152. The fourth-order valence-electron chi connectivity index (χ4n) is 1.93. The Kier molecular flexibility index (Phi) is 3.09. The molecule has 20 heavy (non-hydrogen) atoms. The Balaban J connectivity index is 1.98. The Bertz CT molecular complexity index is 778. The number of hydrogen-bond acceptors (Lipinski definition) is 4. The van der Waals surface area contributed by atoms with Crippen LogP contribution in [0.5, 0.6) is 11.5 Å². The highest BCUT2D eigenvalue weighted by Crippen LogP contribution is 2.21. The fraction of sp³-hybridized carbons (Fsp3) is 0.0667. The lowest BCUT2D eigenvalue weighted by Gasteiger charge is -2.03. The van der Waals surface area contributed by atoms with Crippen LogP contribution >= 0.6 is 0 Å². The zero-order valence-electron chi connectivity index (χ0n) is 10.9. The minimum atomic E-state index is 0.152. The lowest BCUT2D eigenvalue weighted by Crippen LogP contribution is -1.91. The van der Waals surface area contributed by atoms with Crippen LogP contribution in [0, 0.1) is 0 Å². The van der Waals surface area contributed by atoms with Gasteiger partial charge in [-0.2, -0.15) is 5.10 Å². The number of phenolic OH excluding ortho intramolecular Hbond substituents is 1. The molecule has 0 aliphatic carbocycles. The molecular formula is C15H13N3O2. The van der Waals surface area contributed by atoms with Crippen molar-refractivity contribution in [2.75, 3.05) is 7.11 Å². The summed E-state index contributed by atoms with van der Waals surface area (Å²) in [6, 6.07) is 12.7. The van der Waals surface area contributed by atoms with E-state index in [2.05, 4.69) is 10.1 Å². The smallest absolute Gasteiger partial charge is 0.124 e. The van der Waals surface area contributed by atoms with Gasteiger partial charge < -0.3 is 9.84 Å². The van der Waals surface area contributed by atoms with Gasteiger partial charge in [0.1, 0.15) is 17.8 Å². The molecule has 0 atom stereocenters. The molecule has 0 saturated carbocycles. The van der Waals surface area contributed by atoms with Gasteiger partial charge >= 0.3 is 0 Å². The molecule has 3 rings (SSSR count). The molecule has 0 spiro atoms. The molecule has 0 fully saturated rings. The lowest BCUT2D eigenvalue weighted by atomic mass is 10.2. The first-order valence-electron chi connectivity index (χ1n) is 6.11. The lowest BCUT2D eigenvalue weighted by molar-refractivity contribution is 0.412. The average molecular weight is 267 g/mol. The number of phenols is 1. The zero-order chi connectivity index (χ0) is 13.9. The van der Waals surface area contributed by atoms with Crippen LogP contribution in [-0.4, -0.2) is 28.1 Å². The molecule has 0 unspecified atom stereocenters. The number of benzene rings is 2. The molecule has 3 aromatic rings. The molecule has 5 heteroatoms. The van der Waals surface area contributed by atoms with Crippen molar-refractivity contribution < 1.29 is 9.84 Å². The monoisotopic (exact) mass is 267 g/mol. The van der Waals surface area contributed by atoms with Gasteiger partial charge in [-0.3, -0.25) is 0 Å². The van der Waals surface area contributed by atoms with E-state index < -0.39 is 0 Å². The molecule has 2 aromatic carbocycles. The van der Waals surface area contributed by atoms with Crippen LogP contribution < -0.4 is 4.74 Å². The van der Waals surface area contributed by atoms with Crippen LogP contribution in [0.3, 0.4) is 0 Å². The van der Waals surface area contributed by atoms with Crippen molar-refractivity contribution in [2.24, 2.45) is 5.10 Å². The van der Waals surface area contributed by atoms with Crippen molar-refractivity contribution in [1.82, 2.24) is 9.66 Å². The van der Waals surface area contributed by atoms with E-state index in [9.17, 15) is 5.11 Å². The maximum absolute atomic E-state index is 9.80. The molecule has 0 amide bonds. The summed E-state index contributed by atoms with van der Waals surface area (Å²) >= 11 is 0. The SMILES string of the molecule is COc1ccc(O)c(/C=N/n2cnc3ccccc32)c1. The fourth-order valence-corrected chi connectivity index (χ4v) is 1.93. The van der Waals surface area contributed by atoms with E-state index >= 15 is 0 Å². The maximum atomic E-state index is 9.80. The number of rotatable bonds is 3. The Morgan fingerprint density at radius 3 is 2.95 bits per heavy atom. The molecule has 1 aromatic heterocycles. The van der Waals surface area contributed by atoms with Gasteiger partial charge in [-0.1, -0.05) is 12.1 Å². The third kappa shape index (κ3) is 2.21. The van der Waals surface area contributed by atoms with Gasteiger partial charge in [-0.15, -0.1) is 0 Å². The number of methoxy groups -OCH3 is 1. The van der Waals surface area contributed by atoms with Crippen LogP contribution in [-0.2, 0) is 0 Å². The molecule has 0 aliphatic rings. The van der Waals surface area contributed by atoms with E-state index in [-0.39, 0.29) is 5.75 Å². The summed E-state index contributed by atoms with van der Waals surface area (Å²) in [5, 5.41) is 14.1. The number of fused-ring (bicyclic) bond motifs is 1. The highest BCUT2D eigenvalue weighted by Gasteiger charge is 2.02. The first kappa shape index (κ1) is 12.2. The van der Waals surface area contributed by atoms with Crippen LogP contribution in [0.15, 0.2) is 53.9 Å². The molecule has 0 saturated heterocycles. The maximum Gasteiger partial charge on any atom is 0.124 e. The van der Waals surface area contributed by atoms with Crippen molar-refractivity contribution in [3.8, 4) is 11.5 Å². The second kappa shape index (κ2) is 5.05. The van der Waals surface area contributed by atoms with Crippen LogP contribution in [0.4, 0.5) is 0 Å². The van der Waals surface area contributed by atoms with Gasteiger partial charge in [0.15, 0.2) is 0 Å². The highest BCUT2D eigenvalue weighted by molar-refractivity contribution is 5.84. The van der Waals surface area contributed by atoms with Gasteiger partial charge in [0.25, 0.3) is 0 Å². The number of hydrogen-bond donors (Lipinski definition) is 1. The molecular weight excluding hydrogens is 254 g/mol. The van der Waals surface area contributed by atoms with Crippen molar-refractivity contribution in [3.63, 3.8) is 0 Å². The number of para-hydroxylation sites is 2. The van der Waals surface area contributed by atoms with Crippen LogP contribution in [0.25, 0.3) is 11.0 Å². The average Bonchev–Trinajstić information content (AvgIpc) is 2.90. The number of aromatic hydroxyl groups is 1. The van der Waals surface area contributed by atoms with Crippen molar-refractivity contribution in [1.29, 1.82) is 0 Å². The van der Waals surface area contributed by atoms with Crippen LogP contribution in [0.2, 0.25) is 0 Å². The van der Waals surface area contributed by atoms with Gasteiger partial charge in [0.05, 0.1) is 24.4 Å². The molecule has 0 radical (unpaired) electrons. The summed E-state index contributed by atoms with van der Waals surface area (Å²) in [4.78, 5) is 4.25. The number of imidazole rings is 1. The Morgan fingerprint density at radius 2 is 2.10 bits per heavy atom. The van der Waals surface area contributed by atoms with E-state index in [1.54, 1.807) is 42.5 Å². The molecule has 0 aliphatic heterocycles. The quantitative estimate of drug-likeness (QED) is 0.742. The molecule has 5 nitrogen and oxygen atoms in total. The largest absolute Gasteiger partial charge is 0.507 e. The number of aromatic nitrogens is 2. The van der Waals surface area contributed by atoms with Gasteiger partial charge in [0.2, 0.25) is 0 Å². The number of nitrogens with zero attached hydrogens (tertiary/aromatic N) is 3. The van der Waals surface area contributed by atoms with Gasteiger partial charge in [-0.05, 0) is 30.3 Å². The van der Waals surface area contributed by atoms with Crippen molar-refractivity contribution in [2.45, 2.75) is 0 Å². The van der Waals surface area contributed by atoms with Gasteiger partial charge in [0, 0.05) is 5.56 Å². The molecule has 100 valence electrons. The topological polar surface area (TPSA) is 59.6 Å². The van der Waals surface area contributed by atoms with Crippen molar-refractivity contribution >= 4 is 17.2 Å². The molecule has 1 N–H and O–H groups in total. The van der Waals surface area contributed by atoms with E-state index in [1.165, 1.54) is 0 Å². The first-order valence-corrected chi connectivity index (χ1v) is 6.11. The summed E-state index contributed by atoms with van der Waals surface area (Å²) in [5.74, 6) is 0.818. The third-order valence-electron chi connectivity index (χ3n) is 2.99. The summed E-state index contributed by atoms with van der Waals surface area (Å²) in [5.41, 5.74) is 2.37. The Hall–Kier alpha value is -2.82. The predicted molar refractivity (Wildman–Crippen MR) is 77.4 cm³/mol. The second-order valence-electron chi connectivity index (χ2n) is 4.25. The summed E-state index contributed by atoms with van der Waals surface area (Å²) in [7, 11) is 1.58. The predicted octanol–water partition coefficient (Wildman–Crippen LogP) is 2.63. The third-order valence-corrected chi connectivity index (χ3v) is 2.99. The minimum Gasteiger partial charge on any atom is -0.507 e. The standard InChI is InChI=1S/C15H13N3O2/c1-20-12-6-7-15(19)11(8-12)9-17-18-10-16-13-4-2-3-5-14(13)18/h2-10,19H,1H3/b17-9+. The Morgan fingerprint density at radius 1 is 1.25 bits per heavy atom. The normalized spacial score (nSPS) is 11.2. The molecule has 1 heterocycles. The molecule has 0 bridgehead atoms.